The summed E-state index contributed by atoms with van der Waals surface area (Å²) in [6.07, 6.45) is 1.30. The third kappa shape index (κ3) is 3.20. The molecule has 106 valence electrons. The summed E-state index contributed by atoms with van der Waals surface area (Å²) in [4.78, 5) is 27.3. The number of hydrogen-bond donors (Lipinski definition) is 0. The highest BCUT2D eigenvalue weighted by atomic mass is 16.6. The van der Waals surface area contributed by atoms with Crippen LogP contribution in [0.15, 0.2) is 12.3 Å². The summed E-state index contributed by atoms with van der Waals surface area (Å²) in [5.41, 5.74) is -0.511. The summed E-state index contributed by atoms with van der Waals surface area (Å²) in [7, 11) is 1.23. The van der Waals surface area contributed by atoms with Crippen molar-refractivity contribution in [2.75, 3.05) is 18.6 Å². The zero-order valence-corrected chi connectivity index (χ0v) is 11.4. The van der Waals surface area contributed by atoms with E-state index in [0.717, 1.165) is 0 Å². The highest BCUT2D eigenvalue weighted by molar-refractivity contribution is 5.77. The number of rotatable bonds is 5. The van der Waals surface area contributed by atoms with Gasteiger partial charge in [-0.2, -0.15) is 5.26 Å². The fourth-order valence-corrected chi connectivity index (χ4v) is 1.63. The molecule has 8 heteroatoms. The number of nitrogens with zero attached hydrogens (tertiary/aromatic N) is 4. The molecule has 8 nitrogen and oxygen atoms in total. The first-order valence-electron chi connectivity index (χ1n) is 5.79. The lowest BCUT2D eigenvalue weighted by atomic mass is 10.2. The molecule has 1 heterocycles. The van der Waals surface area contributed by atoms with Crippen molar-refractivity contribution in [3.63, 3.8) is 0 Å². The molecular formula is C12H14N4O4. The maximum atomic E-state index is 11.4. The molecule has 0 bridgehead atoms. The van der Waals surface area contributed by atoms with Gasteiger partial charge in [0, 0.05) is 12.2 Å². The van der Waals surface area contributed by atoms with Crippen molar-refractivity contribution in [2.24, 2.45) is 0 Å². The van der Waals surface area contributed by atoms with Crippen LogP contribution in [0, 0.1) is 21.4 Å². The number of ether oxygens (including phenoxy) is 1. The third-order valence-corrected chi connectivity index (χ3v) is 2.63. The van der Waals surface area contributed by atoms with Crippen LogP contribution in [0.25, 0.3) is 0 Å². The van der Waals surface area contributed by atoms with E-state index < -0.39 is 16.6 Å². The summed E-state index contributed by atoms with van der Waals surface area (Å²) in [6.45, 7) is 3.33. The number of methoxy groups -OCH3 is 1. The monoisotopic (exact) mass is 278 g/mol. The molecule has 0 atom stereocenters. The van der Waals surface area contributed by atoms with Crippen molar-refractivity contribution in [3.8, 4) is 6.07 Å². The van der Waals surface area contributed by atoms with Crippen molar-refractivity contribution < 1.29 is 14.5 Å². The van der Waals surface area contributed by atoms with Crippen LogP contribution < -0.4 is 4.90 Å². The van der Waals surface area contributed by atoms with E-state index in [1.807, 2.05) is 0 Å². The second-order valence-electron chi connectivity index (χ2n) is 4.20. The fourth-order valence-electron chi connectivity index (χ4n) is 1.63. The Balaban J connectivity index is 3.37. The van der Waals surface area contributed by atoms with Gasteiger partial charge in [0.25, 0.3) is 0 Å². The first-order valence-corrected chi connectivity index (χ1v) is 5.79. The van der Waals surface area contributed by atoms with Crippen molar-refractivity contribution in [2.45, 2.75) is 19.9 Å². The van der Waals surface area contributed by atoms with E-state index in [2.05, 4.69) is 9.72 Å². The number of anilines is 1. The van der Waals surface area contributed by atoms with E-state index in [1.54, 1.807) is 19.9 Å². The normalized spacial score (nSPS) is 9.95. The molecule has 0 aliphatic rings. The van der Waals surface area contributed by atoms with Crippen LogP contribution in [0.1, 0.15) is 19.4 Å². The molecule has 1 aromatic heterocycles. The fraction of sp³-hybridized carbons (Fsp3) is 0.417. The Morgan fingerprint density at radius 3 is 2.75 bits per heavy atom. The van der Waals surface area contributed by atoms with Crippen LogP contribution in [-0.2, 0) is 9.53 Å². The molecule has 0 aliphatic heterocycles. The topological polar surface area (TPSA) is 109 Å². The van der Waals surface area contributed by atoms with Crippen LogP contribution >= 0.6 is 0 Å². The lowest BCUT2D eigenvalue weighted by molar-refractivity contribution is -0.384. The second-order valence-corrected chi connectivity index (χ2v) is 4.20. The molecule has 0 aliphatic carbocycles. The molecule has 0 saturated carbocycles. The summed E-state index contributed by atoms with van der Waals surface area (Å²) < 4.78 is 4.57. The summed E-state index contributed by atoms with van der Waals surface area (Å²) in [5, 5.41) is 20.1. The quantitative estimate of drug-likeness (QED) is 0.453. The van der Waals surface area contributed by atoms with Gasteiger partial charge in [0.15, 0.2) is 0 Å². The van der Waals surface area contributed by atoms with Gasteiger partial charge >= 0.3 is 11.7 Å². The Kier molecular flexibility index (Phi) is 4.97. The summed E-state index contributed by atoms with van der Waals surface area (Å²) in [6, 6.07) is 2.79. The second kappa shape index (κ2) is 6.47. The van der Waals surface area contributed by atoms with Crippen molar-refractivity contribution in [3.05, 3.63) is 27.9 Å². The molecular weight excluding hydrogens is 264 g/mol. The van der Waals surface area contributed by atoms with E-state index >= 15 is 0 Å². The van der Waals surface area contributed by atoms with Crippen molar-refractivity contribution >= 4 is 17.5 Å². The molecule has 0 aromatic carbocycles. The number of nitriles is 1. The zero-order valence-electron chi connectivity index (χ0n) is 11.4. The number of carbonyl (C=O) groups excluding carboxylic acids is 1. The number of hydrogen-bond acceptors (Lipinski definition) is 7. The zero-order chi connectivity index (χ0) is 15.3. The van der Waals surface area contributed by atoms with Gasteiger partial charge in [0.2, 0.25) is 5.82 Å². The van der Waals surface area contributed by atoms with Crippen molar-refractivity contribution in [1.82, 2.24) is 4.98 Å². The largest absolute Gasteiger partial charge is 0.468 e. The molecule has 0 saturated heterocycles. The number of carbonyl (C=O) groups is 1. The van der Waals surface area contributed by atoms with Gasteiger partial charge in [-0.1, -0.05) is 0 Å². The van der Waals surface area contributed by atoms with E-state index in [9.17, 15) is 14.9 Å². The van der Waals surface area contributed by atoms with Crippen LogP contribution in [-0.4, -0.2) is 35.6 Å². The standard InChI is InChI=1S/C12H14N4O4/c1-8(2)15(7-10(17)20-3)12-11(16(18)19)9(6-13)4-5-14-12/h4-5,8H,7H2,1-3H3. The van der Waals surface area contributed by atoms with Crippen molar-refractivity contribution in [1.29, 1.82) is 5.26 Å². The maximum absolute atomic E-state index is 11.4. The molecule has 0 fully saturated rings. The van der Waals surface area contributed by atoms with E-state index in [0.29, 0.717) is 0 Å². The number of nitro groups is 1. The van der Waals surface area contributed by atoms with Crippen LogP contribution in [0.4, 0.5) is 11.5 Å². The Bertz CT molecular complexity index is 565. The summed E-state index contributed by atoms with van der Waals surface area (Å²) in [5.74, 6) is -0.563. The average Bonchev–Trinajstić information content (AvgIpc) is 2.42. The predicted octanol–water partition coefficient (Wildman–Crippen LogP) is 1.25. The molecule has 0 N–H and O–H groups in total. The minimum Gasteiger partial charge on any atom is -0.468 e. The SMILES string of the molecule is COC(=O)CN(c1nccc(C#N)c1[N+](=O)[O-])C(C)C. The molecule has 0 spiro atoms. The highest BCUT2D eigenvalue weighted by Gasteiger charge is 2.28. The Morgan fingerprint density at radius 2 is 2.30 bits per heavy atom. The minimum atomic E-state index is -0.673. The van der Waals surface area contributed by atoms with Gasteiger partial charge in [0.1, 0.15) is 18.2 Å². The van der Waals surface area contributed by atoms with Gasteiger partial charge in [-0.3, -0.25) is 14.9 Å². The molecule has 0 radical (unpaired) electrons. The predicted molar refractivity (Wildman–Crippen MR) is 70.1 cm³/mol. The molecule has 1 rings (SSSR count). The number of pyridine rings is 1. The van der Waals surface area contributed by atoms with Gasteiger partial charge in [-0.25, -0.2) is 4.98 Å². The minimum absolute atomic E-state index is 0.0190. The number of aromatic nitrogens is 1. The third-order valence-electron chi connectivity index (χ3n) is 2.63. The molecule has 20 heavy (non-hydrogen) atoms. The first kappa shape index (κ1) is 15.4. The Morgan fingerprint density at radius 1 is 1.65 bits per heavy atom. The lowest BCUT2D eigenvalue weighted by Gasteiger charge is -2.26. The lowest BCUT2D eigenvalue weighted by Crippen LogP contribution is -2.37. The summed E-state index contributed by atoms with van der Waals surface area (Å²) >= 11 is 0. The molecule has 1 aromatic rings. The Hall–Kier alpha value is -2.69. The van der Waals surface area contributed by atoms with Crippen LogP contribution in [0.5, 0.6) is 0 Å². The van der Waals surface area contributed by atoms with E-state index in [1.165, 1.54) is 24.3 Å². The Labute approximate surface area is 115 Å². The van der Waals surface area contributed by atoms with Crippen LogP contribution in [0.3, 0.4) is 0 Å². The van der Waals surface area contributed by atoms with Gasteiger partial charge in [-0.05, 0) is 19.9 Å². The number of esters is 1. The van der Waals surface area contributed by atoms with Crippen LogP contribution in [0.2, 0.25) is 0 Å². The molecule has 0 amide bonds. The van der Waals surface area contributed by atoms with Gasteiger partial charge in [0.05, 0.1) is 12.0 Å². The first-order chi connectivity index (χ1) is 9.42. The van der Waals surface area contributed by atoms with Gasteiger partial charge < -0.3 is 9.64 Å². The molecule has 0 unspecified atom stereocenters. The average molecular weight is 278 g/mol. The van der Waals surface area contributed by atoms with E-state index in [4.69, 9.17) is 5.26 Å². The maximum Gasteiger partial charge on any atom is 0.329 e. The van der Waals surface area contributed by atoms with E-state index in [-0.39, 0.29) is 24.0 Å². The highest BCUT2D eigenvalue weighted by Crippen LogP contribution is 2.30. The smallest absolute Gasteiger partial charge is 0.329 e. The van der Waals surface area contributed by atoms with Gasteiger partial charge in [-0.15, -0.1) is 0 Å².